The molecule has 22 heavy (non-hydrogen) atoms. The molecule has 2 aromatic rings. The van der Waals surface area contributed by atoms with Gasteiger partial charge in [0.1, 0.15) is 5.75 Å². The minimum atomic E-state index is -0.692. The predicted molar refractivity (Wildman–Crippen MR) is 90.6 cm³/mol. The number of anilines is 1. The molecule has 0 saturated carbocycles. The van der Waals surface area contributed by atoms with E-state index in [2.05, 4.69) is 5.32 Å². The molecule has 0 aliphatic rings. The van der Waals surface area contributed by atoms with Gasteiger partial charge in [-0.3, -0.25) is 4.79 Å². The van der Waals surface area contributed by atoms with E-state index in [9.17, 15) is 4.79 Å². The van der Waals surface area contributed by atoms with E-state index < -0.39 is 5.41 Å². The largest absolute Gasteiger partial charge is 0.496 e. The van der Waals surface area contributed by atoms with Crippen LogP contribution in [0, 0.1) is 13.8 Å². The van der Waals surface area contributed by atoms with Crippen LogP contribution in [0.1, 0.15) is 30.5 Å². The van der Waals surface area contributed by atoms with Crippen LogP contribution in [0.15, 0.2) is 42.5 Å². The Hall–Kier alpha value is -2.29. The van der Waals surface area contributed by atoms with Crippen LogP contribution < -0.4 is 10.1 Å². The summed E-state index contributed by atoms with van der Waals surface area (Å²) in [5.74, 6) is 0.675. The van der Waals surface area contributed by atoms with Crippen LogP contribution in [0.3, 0.4) is 0 Å². The maximum atomic E-state index is 12.8. The quantitative estimate of drug-likeness (QED) is 0.917. The summed E-state index contributed by atoms with van der Waals surface area (Å²) in [7, 11) is 1.62. The zero-order valence-corrected chi connectivity index (χ0v) is 13.9. The number of rotatable bonds is 4. The number of nitrogens with one attached hydrogen (secondary N) is 1. The van der Waals surface area contributed by atoms with Crippen molar-refractivity contribution in [2.45, 2.75) is 33.1 Å². The third kappa shape index (κ3) is 3.14. The van der Waals surface area contributed by atoms with Gasteiger partial charge < -0.3 is 10.1 Å². The molecule has 3 heteroatoms. The number of methoxy groups -OCH3 is 1. The lowest BCUT2D eigenvalue weighted by atomic mass is 9.83. The van der Waals surface area contributed by atoms with Crippen molar-refractivity contribution in [2.24, 2.45) is 0 Å². The Balaban J connectivity index is 2.33. The van der Waals surface area contributed by atoms with Crippen molar-refractivity contribution in [1.82, 2.24) is 0 Å². The van der Waals surface area contributed by atoms with E-state index >= 15 is 0 Å². The molecule has 1 amide bonds. The lowest BCUT2D eigenvalue weighted by Crippen LogP contribution is -2.35. The maximum Gasteiger partial charge on any atom is 0.234 e. The SMILES string of the molecule is COc1ccccc1C(C)(C)C(=O)Nc1cc(C)ccc1C. The van der Waals surface area contributed by atoms with Gasteiger partial charge in [-0.1, -0.05) is 30.3 Å². The molecule has 0 heterocycles. The number of carbonyl (C=O) groups excluding carboxylic acids is 1. The van der Waals surface area contributed by atoms with Crippen molar-refractivity contribution in [1.29, 1.82) is 0 Å². The fraction of sp³-hybridized carbons (Fsp3) is 0.316. The zero-order valence-electron chi connectivity index (χ0n) is 13.9. The molecule has 0 aliphatic carbocycles. The van der Waals surface area contributed by atoms with Gasteiger partial charge in [0.2, 0.25) is 5.91 Å². The second-order valence-corrected chi connectivity index (χ2v) is 6.10. The molecular formula is C19H23NO2. The minimum Gasteiger partial charge on any atom is -0.496 e. The number of hydrogen-bond acceptors (Lipinski definition) is 2. The van der Waals surface area contributed by atoms with Gasteiger partial charge in [0.05, 0.1) is 12.5 Å². The molecule has 3 nitrogen and oxygen atoms in total. The summed E-state index contributed by atoms with van der Waals surface area (Å²) < 4.78 is 5.39. The molecule has 116 valence electrons. The monoisotopic (exact) mass is 297 g/mol. The first-order chi connectivity index (χ1) is 10.4. The maximum absolute atomic E-state index is 12.8. The molecule has 0 fully saturated rings. The van der Waals surface area contributed by atoms with Gasteiger partial charge in [-0.15, -0.1) is 0 Å². The summed E-state index contributed by atoms with van der Waals surface area (Å²) in [6.07, 6.45) is 0. The fourth-order valence-corrected chi connectivity index (χ4v) is 2.43. The van der Waals surface area contributed by atoms with Crippen LogP contribution in [0.2, 0.25) is 0 Å². The Labute approximate surface area is 132 Å². The van der Waals surface area contributed by atoms with Crippen molar-refractivity contribution in [3.05, 3.63) is 59.2 Å². The first-order valence-electron chi connectivity index (χ1n) is 7.38. The molecule has 2 rings (SSSR count). The Morgan fingerprint density at radius 2 is 1.77 bits per heavy atom. The Bertz CT molecular complexity index is 690. The Morgan fingerprint density at radius 1 is 1.09 bits per heavy atom. The summed E-state index contributed by atoms with van der Waals surface area (Å²) in [5, 5.41) is 3.05. The highest BCUT2D eigenvalue weighted by molar-refractivity contribution is 5.99. The highest BCUT2D eigenvalue weighted by Crippen LogP contribution is 2.33. The van der Waals surface area contributed by atoms with E-state index in [1.807, 2.05) is 70.2 Å². The van der Waals surface area contributed by atoms with Crippen LogP contribution >= 0.6 is 0 Å². The van der Waals surface area contributed by atoms with E-state index in [1.165, 1.54) is 0 Å². The second kappa shape index (κ2) is 6.22. The topological polar surface area (TPSA) is 38.3 Å². The summed E-state index contributed by atoms with van der Waals surface area (Å²) in [6.45, 7) is 7.82. The van der Waals surface area contributed by atoms with Crippen LogP contribution in [0.25, 0.3) is 0 Å². The molecule has 0 bridgehead atoms. The molecule has 2 aromatic carbocycles. The van der Waals surface area contributed by atoms with E-state index in [-0.39, 0.29) is 5.91 Å². The first-order valence-corrected chi connectivity index (χ1v) is 7.38. The lowest BCUT2D eigenvalue weighted by molar-refractivity contribution is -0.120. The average molecular weight is 297 g/mol. The van der Waals surface area contributed by atoms with E-state index in [1.54, 1.807) is 7.11 Å². The number of carbonyl (C=O) groups is 1. The number of para-hydroxylation sites is 1. The summed E-state index contributed by atoms with van der Waals surface area (Å²) >= 11 is 0. The molecule has 0 atom stereocenters. The third-order valence-electron chi connectivity index (χ3n) is 3.99. The van der Waals surface area contributed by atoms with Gasteiger partial charge >= 0.3 is 0 Å². The van der Waals surface area contributed by atoms with E-state index in [4.69, 9.17) is 4.74 Å². The van der Waals surface area contributed by atoms with Crippen molar-refractivity contribution in [2.75, 3.05) is 12.4 Å². The molecule has 0 aliphatic heterocycles. The third-order valence-corrected chi connectivity index (χ3v) is 3.99. The van der Waals surface area contributed by atoms with Gasteiger partial charge in [-0.25, -0.2) is 0 Å². The summed E-state index contributed by atoms with van der Waals surface area (Å²) in [4.78, 5) is 12.8. The molecule has 0 aromatic heterocycles. The smallest absolute Gasteiger partial charge is 0.234 e. The zero-order chi connectivity index (χ0) is 16.3. The van der Waals surface area contributed by atoms with Crippen LogP contribution in [-0.4, -0.2) is 13.0 Å². The molecule has 0 saturated heterocycles. The Morgan fingerprint density at radius 3 is 2.45 bits per heavy atom. The highest BCUT2D eigenvalue weighted by Gasteiger charge is 2.32. The number of hydrogen-bond donors (Lipinski definition) is 1. The average Bonchev–Trinajstić information content (AvgIpc) is 2.50. The minimum absolute atomic E-state index is 0.0503. The normalized spacial score (nSPS) is 11.1. The highest BCUT2D eigenvalue weighted by atomic mass is 16.5. The summed E-state index contributed by atoms with van der Waals surface area (Å²) in [6, 6.07) is 13.7. The van der Waals surface area contributed by atoms with Gasteiger partial charge in [-0.2, -0.15) is 0 Å². The van der Waals surface area contributed by atoms with Crippen LogP contribution in [0.4, 0.5) is 5.69 Å². The van der Waals surface area contributed by atoms with Crippen molar-refractivity contribution >= 4 is 11.6 Å². The lowest BCUT2D eigenvalue weighted by Gasteiger charge is -2.26. The van der Waals surface area contributed by atoms with Crippen molar-refractivity contribution in [3.63, 3.8) is 0 Å². The van der Waals surface area contributed by atoms with Gasteiger partial charge in [-0.05, 0) is 51.0 Å². The molecule has 0 radical (unpaired) electrons. The van der Waals surface area contributed by atoms with Crippen LogP contribution in [0.5, 0.6) is 5.75 Å². The van der Waals surface area contributed by atoms with Crippen LogP contribution in [-0.2, 0) is 10.2 Å². The second-order valence-electron chi connectivity index (χ2n) is 6.10. The molecule has 1 N–H and O–H groups in total. The van der Waals surface area contributed by atoms with Crippen molar-refractivity contribution < 1.29 is 9.53 Å². The molecular weight excluding hydrogens is 274 g/mol. The molecule has 0 spiro atoms. The number of benzene rings is 2. The summed E-state index contributed by atoms with van der Waals surface area (Å²) in [5.41, 5.74) is 3.21. The van der Waals surface area contributed by atoms with Gasteiger partial charge in [0, 0.05) is 11.3 Å². The standard InChI is InChI=1S/C19H23NO2/c1-13-10-11-14(2)16(12-13)20-18(21)19(3,4)15-8-6-7-9-17(15)22-5/h6-12H,1-5H3,(H,20,21). The van der Waals surface area contributed by atoms with Gasteiger partial charge in [0.25, 0.3) is 0 Å². The first kappa shape index (κ1) is 16.1. The van der Waals surface area contributed by atoms with Crippen molar-refractivity contribution in [3.8, 4) is 5.75 Å². The Kier molecular flexibility index (Phi) is 4.55. The van der Waals surface area contributed by atoms with E-state index in [0.717, 1.165) is 28.1 Å². The number of amides is 1. The molecule has 0 unspecified atom stereocenters. The number of ether oxygens (including phenoxy) is 1. The van der Waals surface area contributed by atoms with Gasteiger partial charge in [0.15, 0.2) is 0 Å². The fourth-order valence-electron chi connectivity index (χ4n) is 2.43. The number of aryl methyl sites for hydroxylation is 2. The van der Waals surface area contributed by atoms with E-state index in [0.29, 0.717) is 0 Å². The predicted octanol–water partition coefficient (Wildman–Crippen LogP) is 4.23.